The number of rotatable bonds is 4. The van der Waals surface area contributed by atoms with Crippen LogP contribution in [0.3, 0.4) is 0 Å². The number of aliphatic imine (C=N–C) groups is 1. The van der Waals surface area contributed by atoms with Crippen molar-refractivity contribution >= 4 is 5.71 Å². The molecule has 4 heteroatoms. The van der Waals surface area contributed by atoms with Crippen LogP contribution in [0.1, 0.15) is 18.2 Å². The quantitative estimate of drug-likeness (QED) is 0.818. The molecule has 17 heavy (non-hydrogen) atoms. The lowest BCUT2D eigenvalue weighted by atomic mass is 10.2. The summed E-state index contributed by atoms with van der Waals surface area (Å²) < 4.78 is 5.28. The van der Waals surface area contributed by atoms with Crippen molar-refractivity contribution in [3.05, 3.63) is 47.8 Å². The van der Waals surface area contributed by atoms with E-state index in [1.807, 2.05) is 37.3 Å². The van der Waals surface area contributed by atoms with Gasteiger partial charge in [0.25, 0.3) is 0 Å². The van der Waals surface area contributed by atoms with E-state index in [4.69, 9.17) is 4.74 Å². The van der Waals surface area contributed by atoms with Crippen molar-refractivity contribution < 1.29 is 4.74 Å². The molecule has 1 aromatic heterocycles. The number of aromatic nitrogens is 2. The maximum Gasteiger partial charge on any atom is 0.123 e. The Morgan fingerprint density at radius 3 is 2.88 bits per heavy atom. The van der Waals surface area contributed by atoms with Gasteiger partial charge in [-0.3, -0.25) is 10.1 Å². The molecule has 0 unspecified atom stereocenters. The molecule has 0 bridgehead atoms. The zero-order chi connectivity index (χ0) is 12.1. The molecular formula is C13H15N3O. The molecule has 1 heterocycles. The minimum absolute atomic E-state index is 0.606. The Hall–Kier alpha value is -2.10. The highest BCUT2D eigenvalue weighted by Crippen LogP contribution is 2.18. The summed E-state index contributed by atoms with van der Waals surface area (Å²) >= 11 is 0. The normalized spacial score (nSPS) is 11.5. The molecule has 0 fully saturated rings. The fourth-order valence-corrected chi connectivity index (χ4v) is 1.58. The number of nitrogens with zero attached hydrogens (tertiary/aromatic N) is 2. The standard InChI is InChI=1S/C13H15N3O/c1-10(12-7-8-15-16-12)14-9-11-5-3-4-6-13(11)17-2/h3-8H,9H2,1-2H3,(H,15,16)/b14-10-. The SMILES string of the molecule is COc1ccccc1C/N=C(/C)c1ccn[nH]1. The summed E-state index contributed by atoms with van der Waals surface area (Å²) in [6, 6.07) is 9.80. The van der Waals surface area contributed by atoms with Crippen LogP contribution in [0, 0.1) is 0 Å². The average molecular weight is 229 g/mol. The highest BCUT2D eigenvalue weighted by atomic mass is 16.5. The predicted molar refractivity (Wildman–Crippen MR) is 67.5 cm³/mol. The van der Waals surface area contributed by atoms with E-state index in [9.17, 15) is 0 Å². The molecule has 0 aliphatic heterocycles. The molecule has 1 aromatic carbocycles. The van der Waals surface area contributed by atoms with Crippen LogP contribution >= 0.6 is 0 Å². The first kappa shape index (κ1) is 11.4. The number of benzene rings is 1. The van der Waals surface area contributed by atoms with Gasteiger partial charge in [0.1, 0.15) is 5.75 Å². The Labute approximate surface area is 100 Å². The molecule has 1 N–H and O–H groups in total. The summed E-state index contributed by atoms with van der Waals surface area (Å²) in [5, 5.41) is 6.79. The van der Waals surface area contributed by atoms with Crippen molar-refractivity contribution in [2.75, 3.05) is 7.11 Å². The number of para-hydroxylation sites is 1. The molecule has 2 rings (SSSR count). The zero-order valence-corrected chi connectivity index (χ0v) is 9.97. The van der Waals surface area contributed by atoms with Crippen LogP contribution in [-0.4, -0.2) is 23.0 Å². The van der Waals surface area contributed by atoms with Gasteiger partial charge in [0.15, 0.2) is 0 Å². The van der Waals surface area contributed by atoms with E-state index in [0.717, 1.165) is 22.7 Å². The van der Waals surface area contributed by atoms with Crippen molar-refractivity contribution in [3.8, 4) is 5.75 Å². The topological polar surface area (TPSA) is 50.3 Å². The number of ether oxygens (including phenoxy) is 1. The van der Waals surface area contributed by atoms with Gasteiger partial charge < -0.3 is 4.74 Å². The summed E-state index contributed by atoms with van der Waals surface area (Å²) in [4.78, 5) is 4.51. The maximum atomic E-state index is 5.28. The van der Waals surface area contributed by atoms with E-state index in [1.165, 1.54) is 0 Å². The fourth-order valence-electron chi connectivity index (χ4n) is 1.58. The van der Waals surface area contributed by atoms with E-state index in [0.29, 0.717) is 6.54 Å². The molecule has 88 valence electrons. The summed E-state index contributed by atoms with van der Waals surface area (Å²) in [7, 11) is 1.67. The molecular weight excluding hydrogens is 214 g/mol. The number of hydrogen-bond acceptors (Lipinski definition) is 3. The molecule has 2 aromatic rings. The molecule has 0 radical (unpaired) electrons. The molecule has 0 amide bonds. The first-order chi connectivity index (χ1) is 8.31. The van der Waals surface area contributed by atoms with Crippen molar-refractivity contribution in [2.45, 2.75) is 13.5 Å². The number of aromatic amines is 1. The van der Waals surface area contributed by atoms with Crippen LogP contribution in [0.4, 0.5) is 0 Å². The molecule has 0 saturated carbocycles. The summed E-state index contributed by atoms with van der Waals surface area (Å²) in [6.45, 7) is 2.57. The van der Waals surface area contributed by atoms with Gasteiger partial charge in [-0.05, 0) is 19.1 Å². The first-order valence-corrected chi connectivity index (χ1v) is 5.44. The zero-order valence-electron chi connectivity index (χ0n) is 9.97. The van der Waals surface area contributed by atoms with Crippen LogP contribution in [0.15, 0.2) is 41.5 Å². The Morgan fingerprint density at radius 2 is 2.18 bits per heavy atom. The third kappa shape index (κ3) is 2.72. The number of H-pyrrole nitrogens is 1. The summed E-state index contributed by atoms with van der Waals surface area (Å²) in [6.07, 6.45) is 1.72. The molecule has 0 saturated heterocycles. The van der Waals surface area contributed by atoms with Crippen LogP contribution in [0.25, 0.3) is 0 Å². The van der Waals surface area contributed by atoms with E-state index >= 15 is 0 Å². The summed E-state index contributed by atoms with van der Waals surface area (Å²) in [5.41, 5.74) is 2.96. The predicted octanol–water partition coefficient (Wildman–Crippen LogP) is 2.43. The smallest absolute Gasteiger partial charge is 0.123 e. The van der Waals surface area contributed by atoms with E-state index in [-0.39, 0.29) is 0 Å². The first-order valence-electron chi connectivity index (χ1n) is 5.44. The lowest BCUT2D eigenvalue weighted by Gasteiger charge is -2.05. The number of methoxy groups -OCH3 is 1. The van der Waals surface area contributed by atoms with Gasteiger partial charge in [0.05, 0.1) is 25.1 Å². The Kier molecular flexibility index (Phi) is 3.55. The van der Waals surface area contributed by atoms with Crippen LogP contribution in [-0.2, 0) is 6.54 Å². The lowest BCUT2D eigenvalue weighted by molar-refractivity contribution is 0.410. The second kappa shape index (κ2) is 5.30. The van der Waals surface area contributed by atoms with Gasteiger partial charge in [-0.15, -0.1) is 0 Å². The molecule has 0 aliphatic rings. The van der Waals surface area contributed by atoms with E-state index in [1.54, 1.807) is 13.3 Å². The van der Waals surface area contributed by atoms with Crippen molar-refractivity contribution in [3.63, 3.8) is 0 Å². The van der Waals surface area contributed by atoms with Crippen molar-refractivity contribution in [1.82, 2.24) is 10.2 Å². The number of hydrogen-bond donors (Lipinski definition) is 1. The minimum Gasteiger partial charge on any atom is -0.496 e. The lowest BCUT2D eigenvalue weighted by Crippen LogP contribution is -1.97. The monoisotopic (exact) mass is 229 g/mol. The molecule has 4 nitrogen and oxygen atoms in total. The Morgan fingerprint density at radius 1 is 1.35 bits per heavy atom. The van der Waals surface area contributed by atoms with Crippen molar-refractivity contribution in [2.24, 2.45) is 4.99 Å². The number of nitrogens with one attached hydrogen (secondary N) is 1. The average Bonchev–Trinajstić information content (AvgIpc) is 2.90. The van der Waals surface area contributed by atoms with E-state index in [2.05, 4.69) is 15.2 Å². The van der Waals surface area contributed by atoms with Gasteiger partial charge in [0.2, 0.25) is 0 Å². The van der Waals surface area contributed by atoms with Crippen LogP contribution < -0.4 is 4.74 Å². The highest BCUT2D eigenvalue weighted by molar-refractivity contribution is 5.96. The van der Waals surface area contributed by atoms with Crippen LogP contribution in [0.2, 0.25) is 0 Å². The maximum absolute atomic E-state index is 5.28. The molecule has 0 atom stereocenters. The molecule has 0 aliphatic carbocycles. The second-order valence-electron chi connectivity index (χ2n) is 3.68. The van der Waals surface area contributed by atoms with Gasteiger partial charge in [0, 0.05) is 11.8 Å². The third-order valence-electron chi connectivity index (χ3n) is 2.57. The highest BCUT2D eigenvalue weighted by Gasteiger charge is 2.01. The van der Waals surface area contributed by atoms with Gasteiger partial charge >= 0.3 is 0 Å². The van der Waals surface area contributed by atoms with E-state index < -0.39 is 0 Å². The van der Waals surface area contributed by atoms with Gasteiger partial charge in [-0.2, -0.15) is 5.10 Å². The minimum atomic E-state index is 0.606. The second-order valence-corrected chi connectivity index (χ2v) is 3.68. The van der Waals surface area contributed by atoms with Crippen molar-refractivity contribution in [1.29, 1.82) is 0 Å². The third-order valence-corrected chi connectivity index (χ3v) is 2.57. The summed E-state index contributed by atoms with van der Waals surface area (Å²) in [5.74, 6) is 0.869. The van der Waals surface area contributed by atoms with Gasteiger partial charge in [-0.25, -0.2) is 0 Å². The van der Waals surface area contributed by atoms with Crippen LogP contribution in [0.5, 0.6) is 5.75 Å². The fraction of sp³-hybridized carbons (Fsp3) is 0.231. The molecule has 0 spiro atoms. The Bertz CT molecular complexity index is 503. The largest absolute Gasteiger partial charge is 0.496 e. The van der Waals surface area contributed by atoms with Gasteiger partial charge in [-0.1, -0.05) is 18.2 Å². The Balaban J connectivity index is 2.14.